The summed E-state index contributed by atoms with van der Waals surface area (Å²) in [6, 6.07) is 8.71. The molecule has 0 radical (unpaired) electrons. The molecule has 0 bridgehead atoms. The van der Waals surface area contributed by atoms with Crippen LogP contribution in [0.3, 0.4) is 0 Å². The van der Waals surface area contributed by atoms with E-state index in [1.54, 1.807) is 0 Å². The molecule has 0 saturated carbocycles. The lowest BCUT2D eigenvalue weighted by molar-refractivity contribution is 0.114. The van der Waals surface area contributed by atoms with E-state index in [1.807, 2.05) is 23.6 Å². The van der Waals surface area contributed by atoms with E-state index in [-0.39, 0.29) is 0 Å². The molecule has 0 aliphatic carbocycles. The van der Waals surface area contributed by atoms with Crippen molar-refractivity contribution in [2.75, 3.05) is 37.7 Å². The molecule has 2 saturated heterocycles. The van der Waals surface area contributed by atoms with Gasteiger partial charge < -0.3 is 9.64 Å². The molecule has 2 aromatic rings. The molecule has 1 atom stereocenters. The lowest BCUT2D eigenvalue weighted by Crippen LogP contribution is -2.46. The number of aryl methyl sites for hydroxylation is 1. The van der Waals surface area contributed by atoms with E-state index in [0.717, 1.165) is 45.1 Å². The minimum absolute atomic E-state index is 0.354. The third-order valence-corrected chi connectivity index (χ3v) is 6.12. The first-order valence-corrected chi connectivity index (χ1v) is 9.70. The number of anilines is 1. The van der Waals surface area contributed by atoms with Gasteiger partial charge in [-0.15, -0.1) is 11.3 Å². The van der Waals surface area contributed by atoms with Crippen molar-refractivity contribution in [1.29, 1.82) is 0 Å². The van der Waals surface area contributed by atoms with Gasteiger partial charge in [-0.1, -0.05) is 6.07 Å². The molecule has 0 spiro atoms. The molecule has 0 N–H and O–H groups in total. The van der Waals surface area contributed by atoms with Crippen LogP contribution in [0, 0.1) is 6.92 Å². The van der Waals surface area contributed by atoms with E-state index in [1.165, 1.54) is 28.2 Å². The number of hydrogen-bond donors (Lipinski definition) is 0. The minimum atomic E-state index is 0.354. The molecule has 4 rings (SSSR count). The van der Waals surface area contributed by atoms with Crippen molar-refractivity contribution in [3.8, 4) is 0 Å². The summed E-state index contributed by atoms with van der Waals surface area (Å²) in [5.74, 6) is 1.15. The molecular formula is C19H25N3OS. The highest BCUT2D eigenvalue weighted by atomic mass is 32.1. The molecule has 2 fully saturated rings. The SMILES string of the molecule is Cc1cccnc1N1CCN(Cc2ccc(C3CCCO3)s2)CC1. The maximum Gasteiger partial charge on any atom is 0.131 e. The van der Waals surface area contributed by atoms with Gasteiger partial charge in [-0.2, -0.15) is 0 Å². The van der Waals surface area contributed by atoms with Gasteiger partial charge in [0.25, 0.3) is 0 Å². The summed E-state index contributed by atoms with van der Waals surface area (Å²) in [7, 11) is 0. The smallest absolute Gasteiger partial charge is 0.131 e. The Bertz CT molecular complexity index is 673. The maximum absolute atomic E-state index is 5.80. The van der Waals surface area contributed by atoms with E-state index in [4.69, 9.17) is 4.74 Å². The third-order valence-electron chi connectivity index (χ3n) is 4.96. The molecule has 2 aliphatic rings. The molecule has 5 heteroatoms. The van der Waals surface area contributed by atoms with E-state index >= 15 is 0 Å². The fourth-order valence-electron chi connectivity index (χ4n) is 3.60. The Hall–Kier alpha value is -1.43. The van der Waals surface area contributed by atoms with Gasteiger partial charge in [0.15, 0.2) is 0 Å². The number of aromatic nitrogens is 1. The summed E-state index contributed by atoms with van der Waals surface area (Å²) in [5, 5.41) is 0. The number of nitrogens with zero attached hydrogens (tertiary/aromatic N) is 3. The van der Waals surface area contributed by atoms with E-state index in [9.17, 15) is 0 Å². The molecule has 0 amide bonds. The summed E-state index contributed by atoms with van der Waals surface area (Å²) >= 11 is 1.93. The quantitative estimate of drug-likeness (QED) is 0.848. The van der Waals surface area contributed by atoms with E-state index < -0.39 is 0 Å². The van der Waals surface area contributed by atoms with Crippen LogP contribution in [-0.2, 0) is 11.3 Å². The lowest BCUT2D eigenvalue weighted by Gasteiger charge is -2.35. The standard InChI is InChI=1S/C19H25N3OS/c1-15-4-2-8-20-19(15)22-11-9-21(10-12-22)14-16-6-7-18(24-16)17-5-3-13-23-17/h2,4,6-8,17H,3,5,9-14H2,1H3. The topological polar surface area (TPSA) is 28.6 Å². The van der Waals surface area contributed by atoms with Gasteiger partial charge in [0, 0.05) is 55.3 Å². The molecule has 128 valence electrons. The summed E-state index contributed by atoms with van der Waals surface area (Å²) < 4.78 is 5.80. The maximum atomic E-state index is 5.80. The second-order valence-corrected chi connectivity index (χ2v) is 7.91. The Morgan fingerprint density at radius 1 is 1.21 bits per heavy atom. The molecule has 2 aliphatic heterocycles. The van der Waals surface area contributed by atoms with Crippen molar-refractivity contribution in [2.24, 2.45) is 0 Å². The normalized spacial score (nSPS) is 22.2. The van der Waals surface area contributed by atoms with Crippen LogP contribution >= 0.6 is 11.3 Å². The van der Waals surface area contributed by atoms with Crippen LogP contribution in [0.2, 0.25) is 0 Å². The van der Waals surface area contributed by atoms with Gasteiger partial charge >= 0.3 is 0 Å². The summed E-state index contributed by atoms with van der Waals surface area (Å²) in [5.41, 5.74) is 1.27. The van der Waals surface area contributed by atoms with Crippen molar-refractivity contribution < 1.29 is 4.74 Å². The first-order valence-electron chi connectivity index (χ1n) is 8.89. The zero-order valence-corrected chi connectivity index (χ0v) is 15.1. The molecule has 2 aromatic heterocycles. The molecule has 4 heterocycles. The minimum Gasteiger partial charge on any atom is -0.373 e. The Morgan fingerprint density at radius 2 is 2.08 bits per heavy atom. The van der Waals surface area contributed by atoms with Crippen molar-refractivity contribution in [3.05, 3.63) is 45.8 Å². The van der Waals surface area contributed by atoms with Crippen molar-refractivity contribution in [2.45, 2.75) is 32.4 Å². The Kier molecular flexibility index (Phi) is 4.83. The second kappa shape index (κ2) is 7.21. The van der Waals surface area contributed by atoms with E-state index in [2.05, 4.69) is 39.9 Å². The Balaban J connectivity index is 1.32. The highest BCUT2D eigenvalue weighted by Gasteiger charge is 2.22. The largest absolute Gasteiger partial charge is 0.373 e. The number of thiophene rings is 1. The zero-order valence-electron chi connectivity index (χ0n) is 14.3. The van der Waals surface area contributed by atoms with Crippen LogP contribution in [0.15, 0.2) is 30.5 Å². The zero-order chi connectivity index (χ0) is 16.4. The number of pyridine rings is 1. The monoisotopic (exact) mass is 343 g/mol. The molecule has 1 unspecified atom stereocenters. The fourth-order valence-corrected chi connectivity index (χ4v) is 4.74. The van der Waals surface area contributed by atoms with Gasteiger partial charge in [0.05, 0.1) is 6.10 Å². The summed E-state index contributed by atoms with van der Waals surface area (Å²) in [6.45, 7) is 8.45. The van der Waals surface area contributed by atoms with Crippen LogP contribution in [0.25, 0.3) is 0 Å². The molecular weight excluding hydrogens is 318 g/mol. The predicted octanol–water partition coefficient (Wildman–Crippen LogP) is 3.63. The summed E-state index contributed by atoms with van der Waals surface area (Å²) in [4.78, 5) is 12.4. The highest BCUT2D eigenvalue weighted by Crippen LogP contribution is 2.33. The Labute approximate surface area is 148 Å². The molecule has 24 heavy (non-hydrogen) atoms. The number of ether oxygens (including phenoxy) is 1. The van der Waals surface area contributed by atoms with Gasteiger partial charge in [-0.3, -0.25) is 4.90 Å². The van der Waals surface area contributed by atoms with Crippen LogP contribution in [-0.4, -0.2) is 42.7 Å². The average Bonchev–Trinajstić information content (AvgIpc) is 3.27. The van der Waals surface area contributed by atoms with Gasteiger partial charge in [-0.05, 0) is 43.5 Å². The number of rotatable bonds is 4. The first-order chi connectivity index (χ1) is 11.8. The van der Waals surface area contributed by atoms with Crippen LogP contribution in [0.4, 0.5) is 5.82 Å². The van der Waals surface area contributed by atoms with Crippen LogP contribution in [0.1, 0.15) is 34.3 Å². The van der Waals surface area contributed by atoms with Crippen molar-refractivity contribution >= 4 is 17.2 Å². The second-order valence-electron chi connectivity index (χ2n) is 6.71. The molecule has 0 aromatic carbocycles. The van der Waals surface area contributed by atoms with Gasteiger partial charge in [0.1, 0.15) is 5.82 Å². The van der Waals surface area contributed by atoms with Crippen molar-refractivity contribution in [3.63, 3.8) is 0 Å². The third kappa shape index (κ3) is 3.48. The van der Waals surface area contributed by atoms with Crippen LogP contribution in [0.5, 0.6) is 0 Å². The van der Waals surface area contributed by atoms with Gasteiger partial charge in [0.2, 0.25) is 0 Å². The number of piperazine rings is 1. The molecule has 4 nitrogen and oxygen atoms in total. The van der Waals surface area contributed by atoms with Gasteiger partial charge in [-0.25, -0.2) is 4.98 Å². The predicted molar refractivity (Wildman–Crippen MR) is 98.7 cm³/mol. The average molecular weight is 343 g/mol. The Morgan fingerprint density at radius 3 is 2.83 bits per heavy atom. The summed E-state index contributed by atoms with van der Waals surface area (Å²) in [6.07, 6.45) is 4.63. The first kappa shape index (κ1) is 16.1. The highest BCUT2D eigenvalue weighted by molar-refractivity contribution is 7.12. The van der Waals surface area contributed by atoms with Crippen molar-refractivity contribution in [1.82, 2.24) is 9.88 Å². The van der Waals surface area contributed by atoms with Crippen LogP contribution < -0.4 is 4.90 Å². The number of hydrogen-bond acceptors (Lipinski definition) is 5. The fraction of sp³-hybridized carbons (Fsp3) is 0.526. The van der Waals surface area contributed by atoms with E-state index in [0.29, 0.717) is 6.10 Å². The lowest BCUT2D eigenvalue weighted by atomic mass is 10.2.